The number of aryl methyl sites for hydroxylation is 2. The quantitative estimate of drug-likeness (QED) is 0.827. The van der Waals surface area contributed by atoms with Crippen molar-refractivity contribution >= 4 is 23.7 Å². The standard InChI is InChI=1S/C18H20N2O2S/c1-13-8-9-14(2)16(10-13)23-12-17(21)20-18(22)19-11-15-6-4-3-5-7-15/h3-10H,11-12H2,1-2H3,(H2,19,20,21,22). The minimum Gasteiger partial charge on any atom is -0.334 e. The zero-order chi connectivity index (χ0) is 16.7. The molecule has 0 aromatic heterocycles. The molecular formula is C18H20N2O2S. The second kappa shape index (κ2) is 8.39. The van der Waals surface area contributed by atoms with Gasteiger partial charge in [-0.3, -0.25) is 10.1 Å². The molecule has 0 aliphatic rings. The number of carbonyl (C=O) groups excluding carboxylic acids is 2. The Labute approximate surface area is 140 Å². The van der Waals surface area contributed by atoms with Gasteiger partial charge in [0.1, 0.15) is 0 Å². The van der Waals surface area contributed by atoms with Crippen LogP contribution in [-0.4, -0.2) is 17.7 Å². The van der Waals surface area contributed by atoms with Crippen molar-refractivity contribution in [1.82, 2.24) is 10.6 Å². The lowest BCUT2D eigenvalue weighted by molar-refractivity contribution is -0.117. The molecule has 0 fully saturated rings. The lowest BCUT2D eigenvalue weighted by atomic mass is 10.2. The first-order chi connectivity index (χ1) is 11.0. The number of nitrogens with one attached hydrogen (secondary N) is 2. The molecule has 2 N–H and O–H groups in total. The first-order valence-corrected chi connectivity index (χ1v) is 8.35. The molecule has 5 heteroatoms. The number of hydrogen-bond donors (Lipinski definition) is 2. The fraction of sp³-hybridized carbons (Fsp3) is 0.222. The summed E-state index contributed by atoms with van der Waals surface area (Å²) in [6.45, 7) is 4.41. The average Bonchev–Trinajstić information content (AvgIpc) is 2.55. The largest absolute Gasteiger partial charge is 0.334 e. The molecule has 2 aromatic rings. The van der Waals surface area contributed by atoms with Gasteiger partial charge >= 0.3 is 6.03 Å². The Balaban J connectivity index is 1.76. The zero-order valence-electron chi connectivity index (χ0n) is 13.3. The van der Waals surface area contributed by atoms with Crippen molar-refractivity contribution in [2.75, 3.05) is 5.75 Å². The predicted molar refractivity (Wildman–Crippen MR) is 93.5 cm³/mol. The maximum atomic E-state index is 11.8. The first-order valence-electron chi connectivity index (χ1n) is 7.36. The highest BCUT2D eigenvalue weighted by molar-refractivity contribution is 8.00. The molecule has 4 nitrogen and oxygen atoms in total. The van der Waals surface area contributed by atoms with Gasteiger partial charge in [0.25, 0.3) is 0 Å². The summed E-state index contributed by atoms with van der Waals surface area (Å²) >= 11 is 1.43. The molecular weight excluding hydrogens is 308 g/mol. The SMILES string of the molecule is Cc1ccc(C)c(SCC(=O)NC(=O)NCc2ccccc2)c1. The van der Waals surface area contributed by atoms with Crippen molar-refractivity contribution in [3.63, 3.8) is 0 Å². The lowest BCUT2D eigenvalue weighted by Crippen LogP contribution is -2.39. The average molecular weight is 328 g/mol. The number of urea groups is 1. The Morgan fingerprint density at radius 3 is 2.52 bits per heavy atom. The molecule has 0 aliphatic heterocycles. The van der Waals surface area contributed by atoms with E-state index in [0.717, 1.165) is 21.6 Å². The smallest absolute Gasteiger partial charge is 0.321 e. The Kier molecular flexibility index (Phi) is 6.23. The number of carbonyl (C=O) groups is 2. The van der Waals surface area contributed by atoms with Crippen molar-refractivity contribution in [2.24, 2.45) is 0 Å². The first kappa shape index (κ1) is 17.1. The third-order valence-electron chi connectivity index (χ3n) is 3.25. The monoisotopic (exact) mass is 328 g/mol. The highest BCUT2D eigenvalue weighted by Gasteiger charge is 2.09. The van der Waals surface area contributed by atoms with Gasteiger partial charge in [0, 0.05) is 11.4 Å². The van der Waals surface area contributed by atoms with Crippen molar-refractivity contribution in [2.45, 2.75) is 25.3 Å². The van der Waals surface area contributed by atoms with Crippen molar-refractivity contribution in [1.29, 1.82) is 0 Å². The van der Waals surface area contributed by atoms with Gasteiger partial charge in [0.2, 0.25) is 5.91 Å². The summed E-state index contributed by atoms with van der Waals surface area (Å²) in [5, 5.41) is 5.01. The van der Waals surface area contributed by atoms with E-state index >= 15 is 0 Å². The van der Waals surface area contributed by atoms with Crippen LogP contribution in [0.2, 0.25) is 0 Å². The van der Waals surface area contributed by atoms with Gasteiger partial charge < -0.3 is 5.32 Å². The Bertz CT molecular complexity index is 687. The maximum absolute atomic E-state index is 11.8. The molecule has 2 rings (SSSR count). The highest BCUT2D eigenvalue weighted by atomic mass is 32.2. The molecule has 0 bridgehead atoms. The summed E-state index contributed by atoms with van der Waals surface area (Å²) in [6, 6.07) is 15.2. The van der Waals surface area contributed by atoms with Crippen molar-refractivity contribution < 1.29 is 9.59 Å². The lowest BCUT2D eigenvalue weighted by Gasteiger charge is -2.08. The van der Waals surface area contributed by atoms with Crippen LogP contribution in [0.4, 0.5) is 4.79 Å². The number of thioether (sulfide) groups is 1. The van der Waals surface area contributed by atoms with Gasteiger partial charge in [0.05, 0.1) is 5.75 Å². The van der Waals surface area contributed by atoms with Gasteiger partial charge in [-0.2, -0.15) is 0 Å². The van der Waals surface area contributed by atoms with Crippen LogP contribution in [-0.2, 0) is 11.3 Å². The van der Waals surface area contributed by atoms with Crippen LogP contribution in [0.15, 0.2) is 53.4 Å². The van der Waals surface area contributed by atoms with Gasteiger partial charge in [-0.15, -0.1) is 11.8 Å². The normalized spacial score (nSPS) is 10.2. The van der Waals surface area contributed by atoms with Crippen molar-refractivity contribution in [3.05, 3.63) is 65.2 Å². The fourth-order valence-corrected chi connectivity index (χ4v) is 2.91. The van der Waals surface area contributed by atoms with Gasteiger partial charge in [-0.05, 0) is 31.0 Å². The molecule has 0 atom stereocenters. The van der Waals surface area contributed by atoms with E-state index in [0.29, 0.717) is 6.54 Å². The summed E-state index contributed by atoms with van der Waals surface area (Å²) < 4.78 is 0. The molecule has 0 heterocycles. The fourth-order valence-electron chi connectivity index (χ4n) is 1.99. The second-order valence-electron chi connectivity index (χ2n) is 5.27. The number of imide groups is 1. The molecule has 0 aliphatic carbocycles. The third kappa shape index (κ3) is 5.79. The van der Waals surface area contributed by atoms with Gasteiger partial charge in [-0.25, -0.2) is 4.79 Å². The molecule has 0 unspecified atom stereocenters. The van der Waals surface area contributed by atoms with Crippen LogP contribution >= 0.6 is 11.8 Å². The Hall–Kier alpha value is -2.27. The topological polar surface area (TPSA) is 58.2 Å². The van der Waals surface area contributed by atoms with E-state index in [2.05, 4.69) is 10.6 Å². The van der Waals surface area contributed by atoms with Crippen LogP contribution in [0.5, 0.6) is 0 Å². The van der Waals surface area contributed by atoms with E-state index in [1.54, 1.807) is 0 Å². The van der Waals surface area contributed by atoms with E-state index in [1.165, 1.54) is 11.8 Å². The van der Waals surface area contributed by atoms with E-state index in [4.69, 9.17) is 0 Å². The molecule has 0 spiro atoms. The Morgan fingerprint density at radius 1 is 1.04 bits per heavy atom. The van der Waals surface area contributed by atoms with E-state index in [9.17, 15) is 9.59 Å². The van der Waals surface area contributed by atoms with E-state index in [1.807, 2.05) is 62.4 Å². The number of hydrogen-bond acceptors (Lipinski definition) is 3. The second-order valence-corrected chi connectivity index (χ2v) is 6.29. The summed E-state index contributed by atoms with van der Waals surface area (Å²) in [5.41, 5.74) is 3.26. The van der Waals surface area contributed by atoms with Crippen LogP contribution in [0.1, 0.15) is 16.7 Å². The predicted octanol–water partition coefficient (Wildman–Crippen LogP) is 3.42. The summed E-state index contributed by atoms with van der Waals surface area (Å²) in [6.07, 6.45) is 0. The van der Waals surface area contributed by atoms with E-state index < -0.39 is 6.03 Å². The minimum atomic E-state index is -0.472. The highest BCUT2D eigenvalue weighted by Crippen LogP contribution is 2.23. The molecule has 0 saturated carbocycles. The summed E-state index contributed by atoms with van der Waals surface area (Å²) in [4.78, 5) is 24.6. The van der Waals surface area contributed by atoms with Crippen LogP contribution in [0.25, 0.3) is 0 Å². The summed E-state index contributed by atoms with van der Waals surface area (Å²) in [7, 11) is 0. The van der Waals surface area contributed by atoms with Crippen LogP contribution < -0.4 is 10.6 Å². The summed E-state index contributed by atoms with van der Waals surface area (Å²) in [5.74, 6) is -0.0928. The van der Waals surface area contributed by atoms with E-state index in [-0.39, 0.29) is 11.7 Å². The number of benzene rings is 2. The minimum absolute atomic E-state index is 0.211. The molecule has 0 radical (unpaired) electrons. The molecule has 120 valence electrons. The number of amides is 3. The van der Waals surface area contributed by atoms with Crippen LogP contribution in [0, 0.1) is 13.8 Å². The molecule has 0 saturated heterocycles. The molecule has 2 aromatic carbocycles. The maximum Gasteiger partial charge on any atom is 0.321 e. The Morgan fingerprint density at radius 2 is 1.78 bits per heavy atom. The molecule has 23 heavy (non-hydrogen) atoms. The third-order valence-corrected chi connectivity index (χ3v) is 4.41. The van der Waals surface area contributed by atoms with Gasteiger partial charge in [0.15, 0.2) is 0 Å². The van der Waals surface area contributed by atoms with Crippen molar-refractivity contribution in [3.8, 4) is 0 Å². The molecule has 3 amide bonds. The van der Waals surface area contributed by atoms with Crippen LogP contribution in [0.3, 0.4) is 0 Å². The number of rotatable bonds is 5. The van der Waals surface area contributed by atoms with Gasteiger partial charge in [-0.1, -0.05) is 48.0 Å². The zero-order valence-corrected chi connectivity index (χ0v) is 14.1.